The second-order valence-corrected chi connectivity index (χ2v) is 5.13. The first kappa shape index (κ1) is 13.4. The van der Waals surface area contributed by atoms with Crippen LogP contribution in [0.1, 0.15) is 49.8 Å². The molecular formula is C15H23NO2. The highest BCUT2D eigenvalue weighted by molar-refractivity contribution is 5.38. The van der Waals surface area contributed by atoms with E-state index in [1.54, 1.807) is 6.07 Å². The zero-order chi connectivity index (χ0) is 13.0. The Morgan fingerprint density at radius 1 is 1.44 bits per heavy atom. The average Bonchev–Trinajstić information content (AvgIpc) is 2.39. The lowest BCUT2D eigenvalue weighted by molar-refractivity contribution is 0.158. The van der Waals surface area contributed by atoms with Gasteiger partial charge in [-0.1, -0.05) is 13.0 Å². The summed E-state index contributed by atoms with van der Waals surface area (Å²) in [5.41, 5.74) is 2.57. The molecule has 0 saturated heterocycles. The van der Waals surface area contributed by atoms with E-state index in [0.29, 0.717) is 11.8 Å². The van der Waals surface area contributed by atoms with Crippen LogP contribution in [0.15, 0.2) is 18.2 Å². The molecule has 3 nitrogen and oxygen atoms in total. The number of phenolic OH excluding ortho intramolecular Hbond substituents is 1. The van der Waals surface area contributed by atoms with E-state index in [9.17, 15) is 10.2 Å². The molecule has 0 amide bonds. The number of aliphatic hydroxyl groups is 1. The molecule has 1 aliphatic rings. The van der Waals surface area contributed by atoms with E-state index in [2.05, 4.69) is 5.32 Å². The molecule has 2 rings (SSSR count). The summed E-state index contributed by atoms with van der Waals surface area (Å²) in [5, 5.41) is 22.6. The maximum atomic E-state index is 9.59. The van der Waals surface area contributed by atoms with E-state index in [1.165, 1.54) is 17.5 Å². The lowest BCUT2D eigenvalue weighted by Crippen LogP contribution is -2.28. The molecule has 3 heteroatoms. The molecule has 18 heavy (non-hydrogen) atoms. The summed E-state index contributed by atoms with van der Waals surface area (Å²) in [6.07, 6.45) is 4.80. The SMILES string of the molecule is CCC(O)CCNC1CCCc2ccc(O)cc21. The molecular weight excluding hydrogens is 226 g/mol. The van der Waals surface area contributed by atoms with Crippen molar-refractivity contribution in [3.05, 3.63) is 29.3 Å². The molecule has 0 aromatic heterocycles. The van der Waals surface area contributed by atoms with Gasteiger partial charge in [0.2, 0.25) is 0 Å². The fourth-order valence-electron chi connectivity index (χ4n) is 2.63. The van der Waals surface area contributed by atoms with Crippen LogP contribution in [0.2, 0.25) is 0 Å². The topological polar surface area (TPSA) is 52.5 Å². The number of aryl methyl sites for hydroxylation is 1. The van der Waals surface area contributed by atoms with Crippen molar-refractivity contribution in [3.63, 3.8) is 0 Å². The van der Waals surface area contributed by atoms with Crippen molar-refractivity contribution in [2.24, 2.45) is 0 Å². The van der Waals surface area contributed by atoms with Crippen LogP contribution in [0, 0.1) is 0 Å². The predicted octanol–water partition coefficient (Wildman–Crippen LogP) is 2.52. The molecule has 0 saturated carbocycles. The Bertz CT molecular complexity index is 392. The monoisotopic (exact) mass is 249 g/mol. The highest BCUT2D eigenvalue weighted by atomic mass is 16.3. The standard InChI is InChI=1S/C15H23NO2/c1-2-12(17)8-9-16-15-5-3-4-11-6-7-13(18)10-14(11)15/h6-7,10,12,15-18H,2-5,8-9H2,1H3. The summed E-state index contributed by atoms with van der Waals surface area (Å²) >= 11 is 0. The lowest BCUT2D eigenvalue weighted by atomic mass is 9.87. The first-order valence-corrected chi connectivity index (χ1v) is 6.94. The van der Waals surface area contributed by atoms with E-state index in [-0.39, 0.29) is 6.10 Å². The number of fused-ring (bicyclic) bond motifs is 1. The summed E-state index contributed by atoms with van der Waals surface area (Å²) in [5.74, 6) is 0.344. The Kier molecular flexibility index (Phi) is 4.61. The molecule has 2 unspecified atom stereocenters. The van der Waals surface area contributed by atoms with Gasteiger partial charge in [-0.3, -0.25) is 0 Å². The van der Waals surface area contributed by atoms with Gasteiger partial charge in [0, 0.05) is 6.04 Å². The highest BCUT2D eigenvalue weighted by Crippen LogP contribution is 2.32. The molecule has 0 fully saturated rings. The van der Waals surface area contributed by atoms with Gasteiger partial charge in [0.05, 0.1) is 6.10 Å². The Balaban J connectivity index is 1.97. The van der Waals surface area contributed by atoms with E-state index < -0.39 is 0 Å². The first-order valence-electron chi connectivity index (χ1n) is 6.94. The van der Waals surface area contributed by atoms with Gasteiger partial charge < -0.3 is 15.5 Å². The van der Waals surface area contributed by atoms with Crippen molar-refractivity contribution < 1.29 is 10.2 Å². The van der Waals surface area contributed by atoms with E-state index >= 15 is 0 Å². The summed E-state index contributed by atoms with van der Waals surface area (Å²) in [4.78, 5) is 0. The first-order chi connectivity index (χ1) is 8.70. The third kappa shape index (κ3) is 3.24. The third-order valence-electron chi connectivity index (χ3n) is 3.78. The van der Waals surface area contributed by atoms with Crippen molar-refractivity contribution >= 4 is 0 Å². The van der Waals surface area contributed by atoms with Crippen LogP contribution >= 0.6 is 0 Å². The van der Waals surface area contributed by atoms with Crippen molar-refractivity contribution in [3.8, 4) is 5.75 Å². The second kappa shape index (κ2) is 6.21. The zero-order valence-corrected chi connectivity index (χ0v) is 11.0. The van der Waals surface area contributed by atoms with Gasteiger partial charge in [0.1, 0.15) is 5.75 Å². The van der Waals surface area contributed by atoms with Crippen LogP contribution in [0.4, 0.5) is 0 Å². The van der Waals surface area contributed by atoms with Gasteiger partial charge in [0.25, 0.3) is 0 Å². The van der Waals surface area contributed by atoms with E-state index in [4.69, 9.17) is 0 Å². The van der Waals surface area contributed by atoms with Gasteiger partial charge in [-0.15, -0.1) is 0 Å². The van der Waals surface area contributed by atoms with Gasteiger partial charge in [-0.05, 0) is 61.9 Å². The van der Waals surface area contributed by atoms with Crippen LogP contribution < -0.4 is 5.32 Å². The molecule has 2 atom stereocenters. The van der Waals surface area contributed by atoms with Gasteiger partial charge in [-0.25, -0.2) is 0 Å². The quantitative estimate of drug-likeness (QED) is 0.751. The Hall–Kier alpha value is -1.06. The lowest BCUT2D eigenvalue weighted by Gasteiger charge is -2.27. The van der Waals surface area contributed by atoms with Gasteiger partial charge in [-0.2, -0.15) is 0 Å². The Morgan fingerprint density at radius 3 is 3.06 bits per heavy atom. The van der Waals surface area contributed by atoms with Crippen LogP contribution in [0.25, 0.3) is 0 Å². The maximum absolute atomic E-state index is 9.59. The molecule has 0 radical (unpaired) electrons. The zero-order valence-electron chi connectivity index (χ0n) is 11.0. The summed E-state index contributed by atoms with van der Waals surface area (Å²) in [6.45, 7) is 2.83. The number of phenols is 1. The molecule has 0 spiro atoms. The molecule has 1 aromatic carbocycles. The van der Waals surface area contributed by atoms with E-state index in [0.717, 1.165) is 32.2 Å². The van der Waals surface area contributed by atoms with Gasteiger partial charge >= 0.3 is 0 Å². The fraction of sp³-hybridized carbons (Fsp3) is 0.600. The van der Waals surface area contributed by atoms with Crippen LogP contribution in [-0.4, -0.2) is 22.9 Å². The minimum atomic E-state index is -0.204. The third-order valence-corrected chi connectivity index (χ3v) is 3.78. The van der Waals surface area contributed by atoms with Crippen molar-refractivity contribution in [1.82, 2.24) is 5.32 Å². The highest BCUT2D eigenvalue weighted by Gasteiger charge is 2.20. The Labute approximate surface area is 109 Å². The molecule has 100 valence electrons. The predicted molar refractivity (Wildman–Crippen MR) is 72.7 cm³/mol. The average molecular weight is 249 g/mol. The Morgan fingerprint density at radius 2 is 2.28 bits per heavy atom. The number of aromatic hydroxyl groups is 1. The minimum absolute atomic E-state index is 0.204. The minimum Gasteiger partial charge on any atom is -0.508 e. The number of hydrogen-bond donors (Lipinski definition) is 3. The van der Waals surface area contributed by atoms with Gasteiger partial charge in [0.15, 0.2) is 0 Å². The molecule has 3 N–H and O–H groups in total. The van der Waals surface area contributed by atoms with E-state index in [1.807, 2.05) is 19.1 Å². The summed E-state index contributed by atoms with van der Waals surface area (Å²) < 4.78 is 0. The number of hydrogen-bond acceptors (Lipinski definition) is 3. The molecule has 0 bridgehead atoms. The van der Waals surface area contributed by atoms with Crippen LogP contribution in [-0.2, 0) is 6.42 Å². The van der Waals surface area contributed by atoms with Crippen LogP contribution in [0.3, 0.4) is 0 Å². The normalized spacial score (nSPS) is 20.4. The molecule has 0 heterocycles. The molecule has 0 aliphatic heterocycles. The number of aliphatic hydroxyl groups excluding tert-OH is 1. The maximum Gasteiger partial charge on any atom is 0.115 e. The molecule has 1 aliphatic carbocycles. The summed E-state index contributed by atoms with van der Waals surface area (Å²) in [7, 11) is 0. The number of rotatable bonds is 5. The van der Waals surface area contributed by atoms with Crippen molar-refractivity contribution in [2.45, 2.75) is 51.2 Å². The second-order valence-electron chi connectivity index (χ2n) is 5.13. The van der Waals surface area contributed by atoms with Crippen molar-refractivity contribution in [2.75, 3.05) is 6.54 Å². The largest absolute Gasteiger partial charge is 0.508 e. The smallest absolute Gasteiger partial charge is 0.115 e. The number of benzene rings is 1. The molecule has 1 aromatic rings. The van der Waals surface area contributed by atoms with Crippen molar-refractivity contribution in [1.29, 1.82) is 0 Å². The fourth-order valence-corrected chi connectivity index (χ4v) is 2.63. The number of nitrogens with one attached hydrogen (secondary N) is 1. The van der Waals surface area contributed by atoms with Crippen LogP contribution in [0.5, 0.6) is 5.75 Å². The summed E-state index contributed by atoms with van der Waals surface area (Å²) in [6, 6.07) is 5.99.